The smallest absolute Gasteiger partial charge is 0.335 e. The maximum Gasteiger partial charge on any atom is 0.335 e. The van der Waals surface area contributed by atoms with Gasteiger partial charge in [-0.3, -0.25) is 4.79 Å². The second-order valence-electron chi connectivity index (χ2n) is 3.23. The number of benzene rings is 1. The van der Waals surface area contributed by atoms with Crippen molar-refractivity contribution in [1.29, 1.82) is 0 Å². The Kier molecular flexibility index (Phi) is 3.49. The fourth-order valence-electron chi connectivity index (χ4n) is 1.14. The van der Waals surface area contributed by atoms with Gasteiger partial charge in [-0.15, -0.1) is 0 Å². The average molecular weight is 206 g/mol. The van der Waals surface area contributed by atoms with E-state index < -0.39 is 5.97 Å². The molecule has 0 atom stereocenters. The number of rotatable bonds is 3. The fourth-order valence-corrected chi connectivity index (χ4v) is 1.14. The molecule has 0 fully saturated rings. The molecule has 0 aliphatic rings. The van der Waals surface area contributed by atoms with Gasteiger partial charge in [-0.05, 0) is 17.7 Å². The Morgan fingerprint density at radius 2 is 2.13 bits per heavy atom. The molecule has 1 aromatic rings. The van der Waals surface area contributed by atoms with Crippen LogP contribution in [0.25, 0.3) is 0 Å². The van der Waals surface area contributed by atoms with Crippen LogP contribution < -0.4 is 5.46 Å². The highest BCUT2D eigenvalue weighted by Crippen LogP contribution is 2.04. The van der Waals surface area contributed by atoms with Gasteiger partial charge in [-0.2, -0.15) is 0 Å². The van der Waals surface area contributed by atoms with Crippen molar-refractivity contribution >= 4 is 25.2 Å². The molecule has 4 nitrogen and oxygen atoms in total. The topological polar surface area (TPSA) is 63.6 Å². The molecule has 0 spiro atoms. The van der Waals surface area contributed by atoms with E-state index in [-0.39, 0.29) is 18.1 Å². The van der Waals surface area contributed by atoms with Crippen molar-refractivity contribution in [3.63, 3.8) is 0 Å². The molecule has 0 saturated carbocycles. The van der Waals surface area contributed by atoms with Gasteiger partial charge in [0.25, 0.3) is 0 Å². The van der Waals surface area contributed by atoms with Gasteiger partial charge in [0.1, 0.15) is 14.5 Å². The lowest BCUT2D eigenvalue weighted by atomic mass is 9.89. The van der Waals surface area contributed by atoms with Gasteiger partial charge in [0, 0.05) is 6.92 Å². The number of carbonyl (C=O) groups excluding carboxylic acids is 1. The quantitative estimate of drug-likeness (QED) is 0.545. The molecule has 1 N–H and O–H groups in total. The number of ether oxygens (including phenoxy) is 1. The summed E-state index contributed by atoms with van der Waals surface area (Å²) in [6.07, 6.45) is 0. The van der Waals surface area contributed by atoms with E-state index in [1.165, 1.54) is 19.1 Å². The number of carboxylic acid groups (broad SMARTS) is 1. The lowest BCUT2D eigenvalue weighted by Crippen LogP contribution is -2.14. The van der Waals surface area contributed by atoms with E-state index >= 15 is 0 Å². The number of hydrogen-bond acceptors (Lipinski definition) is 3. The number of hydrogen-bond donors (Lipinski definition) is 1. The lowest BCUT2D eigenvalue weighted by Gasteiger charge is -2.07. The van der Waals surface area contributed by atoms with Crippen LogP contribution in [0.3, 0.4) is 0 Å². The summed E-state index contributed by atoms with van der Waals surface area (Å²) in [4.78, 5) is 21.3. The number of carbonyl (C=O) groups is 2. The first-order valence-corrected chi connectivity index (χ1v) is 4.47. The van der Waals surface area contributed by atoms with Crippen LogP contribution in [0.4, 0.5) is 0 Å². The highest BCUT2D eigenvalue weighted by Gasteiger charge is 2.06. The number of carboxylic acids is 1. The van der Waals surface area contributed by atoms with E-state index in [4.69, 9.17) is 9.84 Å². The van der Waals surface area contributed by atoms with Gasteiger partial charge < -0.3 is 9.84 Å². The summed E-state index contributed by atoms with van der Waals surface area (Å²) in [6, 6.07) is 4.73. The SMILES string of the molecule is Bc1ccc(C(=O)O)cc1COC(C)=O. The van der Waals surface area contributed by atoms with Crippen molar-refractivity contribution in [3.8, 4) is 0 Å². The third-order valence-electron chi connectivity index (χ3n) is 2.03. The van der Waals surface area contributed by atoms with Crippen LogP contribution in [0.15, 0.2) is 18.2 Å². The van der Waals surface area contributed by atoms with Crippen LogP contribution in [0, 0.1) is 0 Å². The molecule has 5 heteroatoms. The molecule has 15 heavy (non-hydrogen) atoms. The van der Waals surface area contributed by atoms with E-state index in [9.17, 15) is 9.59 Å². The van der Waals surface area contributed by atoms with Crippen LogP contribution in [-0.4, -0.2) is 24.9 Å². The Labute approximate surface area is 88.3 Å². The fraction of sp³-hybridized carbons (Fsp3) is 0.200. The van der Waals surface area contributed by atoms with Crippen molar-refractivity contribution in [2.24, 2.45) is 0 Å². The third kappa shape index (κ3) is 3.12. The molecular formula is C10H11BO4. The van der Waals surface area contributed by atoms with Gasteiger partial charge in [0.15, 0.2) is 0 Å². The predicted octanol–water partition coefficient (Wildman–Crippen LogP) is -0.294. The number of esters is 1. The normalized spacial score (nSPS) is 9.67. The van der Waals surface area contributed by atoms with Crippen LogP contribution in [0.1, 0.15) is 22.8 Å². The Balaban J connectivity index is 2.90. The zero-order chi connectivity index (χ0) is 11.4. The summed E-state index contributed by atoms with van der Waals surface area (Å²) < 4.78 is 4.81. The number of aromatic carboxylic acids is 1. The summed E-state index contributed by atoms with van der Waals surface area (Å²) in [5, 5.41) is 8.77. The standard InChI is InChI=1S/C10H11BO4/c1-6(12)15-5-8-4-7(10(13)14)2-3-9(8)11/h2-4H,5,11H2,1H3,(H,13,14). The molecule has 0 heterocycles. The molecule has 0 amide bonds. The van der Waals surface area contributed by atoms with Crippen molar-refractivity contribution < 1.29 is 19.4 Å². The Morgan fingerprint density at radius 1 is 1.47 bits per heavy atom. The molecule has 0 aliphatic carbocycles. The second kappa shape index (κ2) is 4.64. The zero-order valence-electron chi connectivity index (χ0n) is 8.61. The molecule has 78 valence electrons. The monoisotopic (exact) mass is 206 g/mol. The van der Waals surface area contributed by atoms with Crippen LogP contribution >= 0.6 is 0 Å². The van der Waals surface area contributed by atoms with Crippen molar-refractivity contribution in [2.45, 2.75) is 13.5 Å². The molecule has 0 aromatic heterocycles. The van der Waals surface area contributed by atoms with Gasteiger partial charge in [0.2, 0.25) is 0 Å². The molecule has 0 radical (unpaired) electrons. The molecule has 0 unspecified atom stereocenters. The minimum atomic E-state index is -0.987. The van der Waals surface area contributed by atoms with Crippen molar-refractivity contribution in [2.75, 3.05) is 0 Å². The molecule has 1 aromatic carbocycles. The minimum Gasteiger partial charge on any atom is -0.478 e. The summed E-state index contributed by atoms with van der Waals surface area (Å²) >= 11 is 0. The van der Waals surface area contributed by atoms with Gasteiger partial charge in [0.05, 0.1) is 5.56 Å². The summed E-state index contributed by atoms with van der Waals surface area (Å²) in [7, 11) is 1.84. The molecule has 1 rings (SSSR count). The van der Waals surface area contributed by atoms with E-state index in [0.717, 1.165) is 5.46 Å². The van der Waals surface area contributed by atoms with Crippen LogP contribution in [0.2, 0.25) is 0 Å². The molecular weight excluding hydrogens is 195 g/mol. The largest absolute Gasteiger partial charge is 0.478 e. The maximum atomic E-state index is 10.7. The Hall–Kier alpha value is -1.78. The maximum absolute atomic E-state index is 10.7. The van der Waals surface area contributed by atoms with Crippen molar-refractivity contribution in [3.05, 3.63) is 29.3 Å². The van der Waals surface area contributed by atoms with E-state index in [1.807, 2.05) is 7.85 Å². The predicted molar refractivity (Wildman–Crippen MR) is 57.0 cm³/mol. The van der Waals surface area contributed by atoms with Gasteiger partial charge in [-0.1, -0.05) is 11.5 Å². The highest BCUT2D eigenvalue weighted by atomic mass is 16.5. The van der Waals surface area contributed by atoms with Crippen LogP contribution in [0.5, 0.6) is 0 Å². The first-order chi connectivity index (χ1) is 7.00. The van der Waals surface area contributed by atoms with E-state index in [2.05, 4.69) is 0 Å². The second-order valence-corrected chi connectivity index (χ2v) is 3.23. The zero-order valence-corrected chi connectivity index (χ0v) is 8.61. The van der Waals surface area contributed by atoms with Crippen LogP contribution in [-0.2, 0) is 16.1 Å². The Bertz CT molecular complexity index is 400. The average Bonchev–Trinajstić information content (AvgIpc) is 2.16. The molecule has 0 aliphatic heterocycles. The van der Waals surface area contributed by atoms with Crippen molar-refractivity contribution in [1.82, 2.24) is 0 Å². The first-order valence-electron chi connectivity index (χ1n) is 4.47. The Morgan fingerprint density at radius 3 is 2.67 bits per heavy atom. The summed E-state index contributed by atoms with van der Waals surface area (Å²) in [5.41, 5.74) is 1.81. The van der Waals surface area contributed by atoms with E-state index in [0.29, 0.717) is 5.56 Å². The summed E-state index contributed by atoms with van der Waals surface area (Å²) in [6.45, 7) is 1.43. The summed E-state index contributed by atoms with van der Waals surface area (Å²) in [5.74, 6) is -1.37. The van der Waals surface area contributed by atoms with E-state index in [1.54, 1.807) is 6.07 Å². The van der Waals surface area contributed by atoms with Gasteiger partial charge in [-0.25, -0.2) is 4.79 Å². The molecule has 0 bridgehead atoms. The lowest BCUT2D eigenvalue weighted by molar-refractivity contribution is -0.142. The minimum absolute atomic E-state index is 0.113. The van der Waals surface area contributed by atoms with Gasteiger partial charge >= 0.3 is 11.9 Å². The first kappa shape index (κ1) is 11.3. The highest BCUT2D eigenvalue weighted by molar-refractivity contribution is 6.33. The molecule has 0 saturated heterocycles. The third-order valence-corrected chi connectivity index (χ3v) is 2.03.